The first-order chi connectivity index (χ1) is 12.7. The SMILES string of the molecule is O=C(/C=C/c1ccc(Cc2cnc[nH]2)cc1)NCCc1ccc(Cl)cc1. The molecule has 0 saturated heterocycles. The molecular weight excluding hydrogens is 346 g/mol. The van der Waals surface area contributed by atoms with E-state index in [1.165, 1.54) is 5.56 Å². The lowest BCUT2D eigenvalue weighted by Gasteiger charge is -2.03. The molecule has 2 N–H and O–H groups in total. The van der Waals surface area contributed by atoms with E-state index in [9.17, 15) is 4.79 Å². The highest BCUT2D eigenvalue weighted by molar-refractivity contribution is 6.30. The molecule has 5 heteroatoms. The highest BCUT2D eigenvalue weighted by Crippen LogP contribution is 2.11. The van der Waals surface area contributed by atoms with Crippen molar-refractivity contribution < 1.29 is 4.79 Å². The summed E-state index contributed by atoms with van der Waals surface area (Å²) in [6.45, 7) is 0.591. The summed E-state index contributed by atoms with van der Waals surface area (Å²) in [5.41, 5.74) is 4.41. The number of benzene rings is 2. The zero-order valence-corrected chi connectivity index (χ0v) is 15.0. The number of H-pyrrole nitrogens is 1. The van der Waals surface area contributed by atoms with E-state index in [1.807, 2.05) is 48.7 Å². The van der Waals surface area contributed by atoms with Gasteiger partial charge in [0.15, 0.2) is 0 Å². The van der Waals surface area contributed by atoms with Gasteiger partial charge in [-0.3, -0.25) is 4.79 Å². The molecule has 1 amide bonds. The summed E-state index contributed by atoms with van der Waals surface area (Å²) in [5.74, 6) is -0.0968. The van der Waals surface area contributed by atoms with Crippen LogP contribution in [0.25, 0.3) is 6.08 Å². The number of imidazole rings is 1. The van der Waals surface area contributed by atoms with E-state index >= 15 is 0 Å². The lowest BCUT2D eigenvalue weighted by Crippen LogP contribution is -2.23. The van der Waals surface area contributed by atoms with Crippen LogP contribution in [0.2, 0.25) is 5.02 Å². The van der Waals surface area contributed by atoms with Gasteiger partial charge in [-0.25, -0.2) is 4.98 Å². The van der Waals surface area contributed by atoms with Crippen LogP contribution in [0.15, 0.2) is 67.1 Å². The molecule has 0 aliphatic carbocycles. The van der Waals surface area contributed by atoms with E-state index in [4.69, 9.17) is 11.6 Å². The van der Waals surface area contributed by atoms with Crippen molar-refractivity contribution in [2.45, 2.75) is 12.8 Å². The first-order valence-corrected chi connectivity index (χ1v) is 8.83. The van der Waals surface area contributed by atoms with Gasteiger partial charge >= 0.3 is 0 Å². The monoisotopic (exact) mass is 365 g/mol. The van der Waals surface area contributed by atoms with Crippen molar-refractivity contribution in [1.29, 1.82) is 0 Å². The van der Waals surface area contributed by atoms with Crippen molar-refractivity contribution in [1.82, 2.24) is 15.3 Å². The van der Waals surface area contributed by atoms with Crippen LogP contribution >= 0.6 is 11.6 Å². The molecule has 26 heavy (non-hydrogen) atoms. The maximum atomic E-state index is 11.9. The predicted molar refractivity (Wildman–Crippen MR) is 105 cm³/mol. The molecule has 2 aromatic carbocycles. The van der Waals surface area contributed by atoms with Gasteiger partial charge in [-0.1, -0.05) is 48.0 Å². The van der Waals surface area contributed by atoms with Gasteiger partial charge in [0.05, 0.1) is 6.33 Å². The Morgan fingerprint density at radius 2 is 1.81 bits per heavy atom. The predicted octanol–water partition coefficient (Wildman–Crippen LogP) is 4.03. The lowest BCUT2D eigenvalue weighted by molar-refractivity contribution is -0.116. The minimum atomic E-state index is -0.0968. The molecule has 0 aliphatic rings. The van der Waals surface area contributed by atoms with Crippen molar-refractivity contribution in [2.75, 3.05) is 6.54 Å². The fourth-order valence-electron chi connectivity index (χ4n) is 2.56. The van der Waals surface area contributed by atoms with E-state index in [0.29, 0.717) is 6.54 Å². The van der Waals surface area contributed by atoms with Crippen LogP contribution in [0, 0.1) is 0 Å². The maximum absolute atomic E-state index is 11.9. The van der Waals surface area contributed by atoms with E-state index in [-0.39, 0.29) is 5.91 Å². The first-order valence-electron chi connectivity index (χ1n) is 8.45. The molecule has 1 aromatic heterocycles. The van der Waals surface area contributed by atoms with E-state index in [0.717, 1.165) is 34.7 Å². The standard InChI is InChI=1S/C21H20ClN3O/c22-19-8-5-17(6-9-19)11-12-24-21(26)10-7-16-1-3-18(4-2-16)13-20-14-23-15-25-20/h1-10,14-15H,11-13H2,(H,23,25)(H,24,26)/b10-7+. The molecule has 0 atom stereocenters. The number of nitrogens with zero attached hydrogens (tertiary/aromatic N) is 1. The summed E-state index contributed by atoms with van der Waals surface area (Å²) in [6, 6.07) is 15.8. The number of halogens is 1. The van der Waals surface area contributed by atoms with E-state index in [1.54, 1.807) is 12.4 Å². The Balaban J connectivity index is 1.44. The van der Waals surface area contributed by atoms with Crippen LogP contribution in [0.1, 0.15) is 22.4 Å². The average Bonchev–Trinajstić information content (AvgIpc) is 3.16. The van der Waals surface area contributed by atoms with Crippen molar-refractivity contribution >= 4 is 23.6 Å². The van der Waals surface area contributed by atoms with Crippen LogP contribution in [-0.4, -0.2) is 22.4 Å². The van der Waals surface area contributed by atoms with Crippen molar-refractivity contribution in [3.8, 4) is 0 Å². The minimum Gasteiger partial charge on any atom is -0.352 e. The minimum absolute atomic E-state index is 0.0968. The van der Waals surface area contributed by atoms with Gasteiger partial charge in [-0.15, -0.1) is 0 Å². The zero-order chi connectivity index (χ0) is 18.2. The van der Waals surface area contributed by atoms with Gasteiger partial charge in [-0.05, 0) is 41.3 Å². The van der Waals surface area contributed by atoms with Crippen molar-refractivity contribution in [3.05, 3.63) is 94.5 Å². The zero-order valence-electron chi connectivity index (χ0n) is 14.3. The molecule has 3 aromatic rings. The van der Waals surface area contributed by atoms with Gasteiger partial charge in [-0.2, -0.15) is 0 Å². The smallest absolute Gasteiger partial charge is 0.244 e. The highest BCUT2D eigenvalue weighted by Gasteiger charge is 1.99. The topological polar surface area (TPSA) is 57.8 Å². The number of hydrogen-bond donors (Lipinski definition) is 2. The summed E-state index contributed by atoms with van der Waals surface area (Å²) >= 11 is 5.86. The van der Waals surface area contributed by atoms with Gasteiger partial charge in [0.2, 0.25) is 5.91 Å². The largest absolute Gasteiger partial charge is 0.352 e. The molecular formula is C21H20ClN3O. The van der Waals surface area contributed by atoms with Crippen LogP contribution < -0.4 is 5.32 Å². The summed E-state index contributed by atoms with van der Waals surface area (Å²) in [5, 5.41) is 3.61. The summed E-state index contributed by atoms with van der Waals surface area (Å²) in [4.78, 5) is 19.0. The highest BCUT2D eigenvalue weighted by atomic mass is 35.5. The molecule has 0 saturated carbocycles. The number of aromatic nitrogens is 2. The summed E-state index contributed by atoms with van der Waals surface area (Å²) in [7, 11) is 0. The Kier molecular flexibility index (Phi) is 6.23. The Labute approximate surface area is 157 Å². The third-order valence-corrected chi connectivity index (χ3v) is 4.23. The van der Waals surface area contributed by atoms with Gasteiger partial charge in [0.1, 0.15) is 0 Å². The van der Waals surface area contributed by atoms with E-state index in [2.05, 4.69) is 27.4 Å². The molecule has 0 unspecified atom stereocenters. The number of carbonyl (C=O) groups is 1. The number of aromatic amines is 1. The van der Waals surface area contributed by atoms with Gasteiger partial charge in [0.25, 0.3) is 0 Å². The Hall–Kier alpha value is -2.85. The van der Waals surface area contributed by atoms with Gasteiger partial charge in [0, 0.05) is 36.0 Å². The Bertz CT molecular complexity index is 853. The van der Waals surface area contributed by atoms with E-state index < -0.39 is 0 Å². The lowest BCUT2D eigenvalue weighted by atomic mass is 10.1. The van der Waals surface area contributed by atoms with Crippen LogP contribution in [-0.2, 0) is 17.6 Å². The number of amides is 1. The quantitative estimate of drug-likeness (QED) is 0.621. The van der Waals surface area contributed by atoms with Crippen molar-refractivity contribution in [2.24, 2.45) is 0 Å². The van der Waals surface area contributed by atoms with Crippen LogP contribution in [0.3, 0.4) is 0 Å². The summed E-state index contributed by atoms with van der Waals surface area (Å²) < 4.78 is 0. The van der Waals surface area contributed by atoms with Crippen molar-refractivity contribution in [3.63, 3.8) is 0 Å². The molecule has 0 bridgehead atoms. The third kappa shape index (κ3) is 5.60. The normalized spacial score (nSPS) is 11.0. The number of hydrogen-bond acceptors (Lipinski definition) is 2. The molecule has 1 heterocycles. The maximum Gasteiger partial charge on any atom is 0.244 e. The van der Waals surface area contributed by atoms with Crippen LogP contribution in [0.4, 0.5) is 0 Å². The van der Waals surface area contributed by atoms with Crippen LogP contribution in [0.5, 0.6) is 0 Å². The fraction of sp³-hybridized carbons (Fsp3) is 0.143. The molecule has 0 aliphatic heterocycles. The molecule has 0 fully saturated rings. The fourth-order valence-corrected chi connectivity index (χ4v) is 2.69. The summed E-state index contributed by atoms with van der Waals surface area (Å²) in [6.07, 6.45) is 8.47. The number of rotatable bonds is 7. The second kappa shape index (κ2) is 9.02. The second-order valence-electron chi connectivity index (χ2n) is 6.00. The molecule has 132 valence electrons. The Morgan fingerprint density at radius 3 is 2.50 bits per heavy atom. The van der Waals surface area contributed by atoms with Gasteiger partial charge < -0.3 is 10.3 Å². The molecule has 3 rings (SSSR count). The number of carbonyl (C=O) groups excluding carboxylic acids is 1. The molecule has 0 spiro atoms. The third-order valence-electron chi connectivity index (χ3n) is 3.98. The Morgan fingerprint density at radius 1 is 1.08 bits per heavy atom. The second-order valence-corrected chi connectivity index (χ2v) is 6.43. The average molecular weight is 366 g/mol. The first kappa shape index (κ1) is 18.0. The number of nitrogens with one attached hydrogen (secondary N) is 2. The molecule has 4 nitrogen and oxygen atoms in total. The molecule has 0 radical (unpaired) electrons.